The number of aromatic nitrogens is 2. The summed E-state index contributed by atoms with van der Waals surface area (Å²) < 4.78 is 2.01. The molecule has 1 heterocycles. The monoisotopic (exact) mass is 384 g/mol. The van der Waals surface area contributed by atoms with Gasteiger partial charge in [0.05, 0.1) is 12.2 Å². The van der Waals surface area contributed by atoms with E-state index in [-0.39, 0.29) is 12.5 Å². The molecule has 2 aromatic rings. The second kappa shape index (κ2) is 11.1. The predicted octanol–water partition coefficient (Wildman–Crippen LogP) is 2.10. The number of rotatable bonds is 9. The quantitative estimate of drug-likeness (QED) is 0.394. The molecular formula is C21H32N6O. The third kappa shape index (κ3) is 6.72. The van der Waals surface area contributed by atoms with Gasteiger partial charge >= 0.3 is 0 Å². The third-order valence-electron chi connectivity index (χ3n) is 4.52. The number of nitrogens with one attached hydrogen (secondary N) is 2. The molecule has 0 aliphatic heterocycles. The first-order chi connectivity index (χ1) is 13.5. The Morgan fingerprint density at radius 3 is 2.57 bits per heavy atom. The van der Waals surface area contributed by atoms with Gasteiger partial charge in [-0.3, -0.25) is 14.5 Å². The van der Waals surface area contributed by atoms with E-state index in [2.05, 4.69) is 33.7 Å². The van der Waals surface area contributed by atoms with Crippen molar-refractivity contribution in [2.75, 3.05) is 26.7 Å². The van der Waals surface area contributed by atoms with E-state index in [9.17, 15) is 4.79 Å². The van der Waals surface area contributed by atoms with Crippen molar-refractivity contribution in [1.82, 2.24) is 25.3 Å². The first-order valence-corrected chi connectivity index (χ1v) is 9.80. The van der Waals surface area contributed by atoms with Crippen molar-refractivity contribution in [3.8, 4) is 0 Å². The fourth-order valence-electron chi connectivity index (χ4n) is 3.01. The molecule has 2 rings (SSSR count). The minimum absolute atomic E-state index is 0.0527. The molecule has 0 spiro atoms. The molecule has 0 atom stereocenters. The summed E-state index contributed by atoms with van der Waals surface area (Å²) in [6, 6.07) is 12.1. The molecular weight excluding hydrogens is 352 g/mol. The highest BCUT2D eigenvalue weighted by atomic mass is 16.2. The van der Waals surface area contributed by atoms with Gasteiger partial charge in [-0.2, -0.15) is 5.10 Å². The summed E-state index contributed by atoms with van der Waals surface area (Å²) in [5, 5.41) is 10.8. The van der Waals surface area contributed by atoms with Crippen LogP contribution >= 0.6 is 0 Å². The number of aliphatic imine (C=N–C) groups is 1. The molecule has 0 radical (unpaired) electrons. The largest absolute Gasteiger partial charge is 0.356 e. The molecule has 0 fully saturated rings. The SMILES string of the molecule is CCN(Cc1ccccc1)C(=O)CNC(=NC)NCCCn1nc(C)cc1C. The van der Waals surface area contributed by atoms with Crippen LogP contribution in [0.15, 0.2) is 41.4 Å². The fraction of sp³-hybridized carbons (Fsp3) is 0.476. The highest BCUT2D eigenvalue weighted by Gasteiger charge is 2.12. The third-order valence-corrected chi connectivity index (χ3v) is 4.52. The van der Waals surface area contributed by atoms with Crippen LogP contribution in [0.5, 0.6) is 0 Å². The maximum Gasteiger partial charge on any atom is 0.242 e. The van der Waals surface area contributed by atoms with Crippen LogP contribution < -0.4 is 10.6 Å². The van der Waals surface area contributed by atoms with Crippen molar-refractivity contribution in [2.24, 2.45) is 4.99 Å². The van der Waals surface area contributed by atoms with Gasteiger partial charge in [-0.1, -0.05) is 30.3 Å². The van der Waals surface area contributed by atoms with Gasteiger partial charge in [-0.25, -0.2) is 0 Å². The Labute approximate surface area is 167 Å². The normalized spacial score (nSPS) is 11.4. The van der Waals surface area contributed by atoms with Crippen LogP contribution in [0.2, 0.25) is 0 Å². The van der Waals surface area contributed by atoms with Gasteiger partial charge in [0.1, 0.15) is 0 Å². The highest BCUT2D eigenvalue weighted by molar-refractivity contribution is 5.86. The van der Waals surface area contributed by atoms with E-state index in [1.807, 2.05) is 53.8 Å². The summed E-state index contributed by atoms with van der Waals surface area (Å²) >= 11 is 0. The number of carbonyl (C=O) groups excluding carboxylic acids is 1. The maximum atomic E-state index is 12.5. The zero-order chi connectivity index (χ0) is 20.4. The molecule has 152 valence electrons. The summed E-state index contributed by atoms with van der Waals surface area (Å²) in [5.41, 5.74) is 3.34. The molecule has 0 aliphatic rings. The van der Waals surface area contributed by atoms with Crippen molar-refractivity contribution < 1.29 is 4.79 Å². The fourth-order valence-corrected chi connectivity index (χ4v) is 3.01. The van der Waals surface area contributed by atoms with Gasteiger partial charge in [0, 0.05) is 38.9 Å². The van der Waals surface area contributed by atoms with Gasteiger partial charge in [0.25, 0.3) is 0 Å². The molecule has 1 aromatic carbocycles. The van der Waals surface area contributed by atoms with E-state index in [1.165, 1.54) is 5.69 Å². The lowest BCUT2D eigenvalue weighted by molar-refractivity contribution is -0.130. The minimum Gasteiger partial charge on any atom is -0.356 e. The molecule has 7 nitrogen and oxygen atoms in total. The molecule has 2 N–H and O–H groups in total. The number of carbonyl (C=O) groups is 1. The van der Waals surface area contributed by atoms with Crippen molar-refractivity contribution in [2.45, 2.75) is 40.3 Å². The van der Waals surface area contributed by atoms with E-state index < -0.39 is 0 Å². The number of hydrogen-bond acceptors (Lipinski definition) is 3. The van der Waals surface area contributed by atoms with Crippen LogP contribution in [-0.4, -0.2) is 53.2 Å². The van der Waals surface area contributed by atoms with E-state index in [0.717, 1.165) is 30.8 Å². The van der Waals surface area contributed by atoms with Crippen LogP contribution in [0.4, 0.5) is 0 Å². The van der Waals surface area contributed by atoms with Crippen LogP contribution in [0.3, 0.4) is 0 Å². The number of hydrogen-bond donors (Lipinski definition) is 2. The van der Waals surface area contributed by atoms with Crippen molar-refractivity contribution in [3.05, 3.63) is 53.3 Å². The predicted molar refractivity (Wildman–Crippen MR) is 113 cm³/mol. The summed E-state index contributed by atoms with van der Waals surface area (Å²) in [5.74, 6) is 0.689. The van der Waals surface area contributed by atoms with Gasteiger partial charge in [0.2, 0.25) is 5.91 Å². The molecule has 0 saturated carbocycles. The Morgan fingerprint density at radius 2 is 1.96 bits per heavy atom. The summed E-state index contributed by atoms with van der Waals surface area (Å²) in [7, 11) is 1.71. The Balaban J connectivity index is 1.72. The lowest BCUT2D eigenvalue weighted by atomic mass is 10.2. The number of amides is 1. The van der Waals surface area contributed by atoms with Crippen molar-refractivity contribution in [1.29, 1.82) is 0 Å². The molecule has 28 heavy (non-hydrogen) atoms. The maximum absolute atomic E-state index is 12.5. The highest BCUT2D eigenvalue weighted by Crippen LogP contribution is 2.04. The molecule has 0 saturated heterocycles. The lowest BCUT2D eigenvalue weighted by Crippen LogP contribution is -2.44. The van der Waals surface area contributed by atoms with Crippen molar-refractivity contribution >= 4 is 11.9 Å². The van der Waals surface area contributed by atoms with Gasteiger partial charge in [0.15, 0.2) is 5.96 Å². The van der Waals surface area contributed by atoms with Crippen LogP contribution in [0.25, 0.3) is 0 Å². The average Bonchev–Trinajstić information content (AvgIpc) is 3.03. The van der Waals surface area contributed by atoms with Crippen LogP contribution in [-0.2, 0) is 17.9 Å². The number of aryl methyl sites for hydroxylation is 3. The molecule has 0 aliphatic carbocycles. The van der Waals surface area contributed by atoms with E-state index in [4.69, 9.17) is 0 Å². The standard InChI is InChI=1S/C21H32N6O/c1-5-26(16-19-10-7-6-8-11-19)20(28)15-24-21(22-4)23-12-9-13-27-18(3)14-17(2)25-27/h6-8,10-11,14H,5,9,12-13,15-16H2,1-4H3,(H2,22,23,24). The first-order valence-electron chi connectivity index (χ1n) is 9.80. The number of likely N-dealkylation sites (N-methyl/N-ethyl adjacent to an activating group) is 1. The second-order valence-electron chi connectivity index (χ2n) is 6.75. The number of benzene rings is 1. The zero-order valence-electron chi connectivity index (χ0n) is 17.4. The Bertz CT molecular complexity index is 768. The topological polar surface area (TPSA) is 74.6 Å². The molecule has 0 unspecified atom stereocenters. The lowest BCUT2D eigenvalue weighted by Gasteiger charge is -2.22. The Hall–Kier alpha value is -2.83. The second-order valence-corrected chi connectivity index (χ2v) is 6.75. The molecule has 0 bridgehead atoms. The Kier molecular flexibility index (Phi) is 8.52. The zero-order valence-corrected chi connectivity index (χ0v) is 17.4. The van der Waals surface area contributed by atoms with E-state index >= 15 is 0 Å². The minimum atomic E-state index is 0.0527. The molecule has 7 heteroatoms. The molecule has 1 amide bonds. The number of nitrogens with zero attached hydrogens (tertiary/aromatic N) is 4. The van der Waals surface area contributed by atoms with E-state index in [0.29, 0.717) is 19.0 Å². The van der Waals surface area contributed by atoms with Crippen LogP contribution in [0.1, 0.15) is 30.3 Å². The first kappa shape index (κ1) is 21.5. The van der Waals surface area contributed by atoms with Gasteiger partial charge in [-0.05, 0) is 38.8 Å². The van der Waals surface area contributed by atoms with E-state index in [1.54, 1.807) is 7.05 Å². The summed E-state index contributed by atoms with van der Waals surface area (Å²) in [4.78, 5) is 18.6. The average molecular weight is 385 g/mol. The smallest absolute Gasteiger partial charge is 0.242 e. The van der Waals surface area contributed by atoms with Gasteiger partial charge in [-0.15, -0.1) is 0 Å². The summed E-state index contributed by atoms with van der Waals surface area (Å²) in [6.45, 7) is 9.18. The summed E-state index contributed by atoms with van der Waals surface area (Å²) in [6.07, 6.45) is 0.922. The van der Waals surface area contributed by atoms with Gasteiger partial charge < -0.3 is 15.5 Å². The van der Waals surface area contributed by atoms with Crippen LogP contribution in [0, 0.1) is 13.8 Å². The Morgan fingerprint density at radius 1 is 1.21 bits per heavy atom. The van der Waals surface area contributed by atoms with Crippen molar-refractivity contribution in [3.63, 3.8) is 0 Å². The number of guanidine groups is 1. The molecule has 1 aromatic heterocycles.